The second kappa shape index (κ2) is 4.68. The highest BCUT2D eigenvalue weighted by Gasteiger charge is 2.12. The van der Waals surface area contributed by atoms with Gasteiger partial charge in [0.2, 0.25) is 0 Å². The van der Waals surface area contributed by atoms with E-state index in [9.17, 15) is 4.39 Å². The van der Waals surface area contributed by atoms with Crippen LogP contribution in [0.4, 0.5) is 10.1 Å². The van der Waals surface area contributed by atoms with Gasteiger partial charge in [-0.25, -0.2) is 9.37 Å². The van der Waals surface area contributed by atoms with Crippen LogP contribution in [0.5, 0.6) is 5.75 Å². The van der Waals surface area contributed by atoms with Crippen LogP contribution < -0.4 is 10.5 Å². The van der Waals surface area contributed by atoms with Crippen LogP contribution in [0, 0.1) is 12.7 Å². The minimum Gasteiger partial charge on any atom is -0.488 e. The maximum Gasteiger partial charge on any atom is 0.167 e. The smallest absolute Gasteiger partial charge is 0.167 e. The Hall–Kier alpha value is -2.04. The maximum absolute atomic E-state index is 13.7. The van der Waals surface area contributed by atoms with Crippen molar-refractivity contribution in [2.24, 2.45) is 0 Å². The molecule has 1 heterocycles. The number of hydrogen-bond donors (Lipinski definition) is 1. The van der Waals surface area contributed by atoms with Gasteiger partial charge < -0.3 is 15.0 Å². The van der Waals surface area contributed by atoms with E-state index in [1.807, 2.05) is 20.8 Å². The molecule has 5 heteroatoms. The van der Waals surface area contributed by atoms with Gasteiger partial charge in [0.15, 0.2) is 11.6 Å². The third-order valence-electron chi connectivity index (χ3n) is 2.53. The minimum absolute atomic E-state index is 0.0974. The molecule has 0 fully saturated rings. The number of nitrogens with two attached hydrogens (primary N) is 1. The van der Waals surface area contributed by atoms with Crippen LogP contribution in [0.3, 0.4) is 0 Å². The van der Waals surface area contributed by atoms with E-state index in [1.54, 1.807) is 23.0 Å². The molecule has 1 aromatic heterocycles. The molecule has 0 unspecified atom stereocenters. The molecule has 2 N–H and O–H groups in total. The third kappa shape index (κ3) is 2.30. The molecule has 0 bridgehead atoms. The number of halogens is 1. The Morgan fingerprint density at radius 3 is 2.67 bits per heavy atom. The van der Waals surface area contributed by atoms with Gasteiger partial charge in [0.1, 0.15) is 5.82 Å². The van der Waals surface area contributed by atoms with Crippen molar-refractivity contribution in [1.82, 2.24) is 9.55 Å². The molecule has 0 radical (unpaired) electrons. The highest BCUT2D eigenvalue weighted by Crippen LogP contribution is 2.28. The van der Waals surface area contributed by atoms with Crippen molar-refractivity contribution in [2.45, 2.75) is 26.9 Å². The molecule has 0 spiro atoms. The lowest BCUT2D eigenvalue weighted by molar-refractivity contribution is 0.231. The molecule has 0 amide bonds. The summed E-state index contributed by atoms with van der Waals surface area (Å²) in [5, 5.41) is 0. The summed E-state index contributed by atoms with van der Waals surface area (Å²) in [7, 11) is 0. The van der Waals surface area contributed by atoms with Crippen molar-refractivity contribution in [3.63, 3.8) is 0 Å². The molecule has 18 heavy (non-hydrogen) atoms. The van der Waals surface area contributed by atoms with Crippen LogP contribution in [0.1, 0.15) is 19.7 Å². The Labute approximate surface area is 105 Å². The minimum atomic E-state index is -0.456. The van der Waals surface area contributed by atoms with Gasteiger partial charge in [-0.2, -0.15) is 0 Å². The van der Waals surface area contributed by atoms with Crippen molar-refractivity contribution in [2.75, 3.05) is 5.73 Å². The van der Waals surface area contributed by atoms with Crippen LogP contribution in [-0.4, -0.2) is 15.7 Å². The molecule has 0 saturated heterocycles. The molecule has 2 rings (SSSR count). The summed E-state index contributed by atoms with van der Waals surface area (Å²) in [5.74, 6) is 0.522. The monoisotopic (exact) mass is 249 g/mol. The first-order chi connectivity index (χ1) is 8.49. The van der Waals surface area contributed by atoms with E-state index in [4.69, 9.17) is 10.5 Å². The number of nitrogens with zero attached hydrogens (tertiary/aromatic N) is 2. The SMILES string of the molecule is Cc1nccn1-c1cc(OC(C)C)c(F)cc1N. The number of imidazole rings is 1. The summed E-state index contributed by atoms with van der Waals surface area (Å²) >= 11 is 0. The molecule has 1 aromatic carbocycles. The summed E-state index contributed by atoms with van der Waals surface area (Å²) in [5.41, 5.74) is 6.86. The van der Waals surface area contributed by atoms with Gasteiger partial charge in [0, 0.05) is 24.5 Å². The predicted octanol–water partition coefficient (Wildman–Crippen LogP) is 2.69. The molecule has 0 aliphatic heterocycles. The molecule has 0 saturated carbocycles. The number of ether oxygens (including phenoxy) is 1. The molecular formula is C13H16FN3O. The number of aryl methyl sites for hydroxylation is 1. The highest BCUT2D eigenvalue weighted by atomic mass is 19.1. The zero-order chi connectivity index (χ0) is 13.3. The van der Waals surface area contributed by atoms with E-state index in [0.29, 0.717) is 11.4 Å². The second-order valence-electron chi connectivity index (χ2n) is 4.35. The Bertz CT molecular complexity index is 563. The third-order valence-corrected chi connectivity index (χ3v) is 2.53. The molecule has 2 aromatic rings. The first-order valence-corrected chi connectivity index (χ1v) is 5.75. The van der Waals surface area contributed by atoms with Crippen molar-refractivity contribution in [1.29, 1.82) is 0 Å². The fourth-order valence-electron chi connectivity index (χ4n) is 1.74. The van der Waals surface area contributed by atoms with E-state index < -0.39 is 5.82 Å². The average Bonchev–Trinajstić information content (AvgIpc) is 2.68. The van der Waals surface area contributed by atoms with E-state index >= 15 is 0 Å². The van der Waals surface area contributed by atoms with Crippen molar-refractivity contribution < 1.29 is 9.13 Å². The van der Waals surface area contributed by atoms with Crippen LogP contribution in [-0.2, 0) is 0 Å². The van der Waals surface area contributed by atoms with Gasteiger partial charge in [0.05, 0.1) is 17.5 Å². The number of aromatic nitrogens is 2. The van der Waals surface area contributed by atoms with Crippen molar-refractivity contribution in [3.8, 4) is 11.4 Å². The zero-order valence-corrected chi connectivity index (χ0v) is 10.6. The van der Waals surface area contributed by atoms with Gasteiger partial charge >= 0.3 is 0 Å². The van der Waals surface area contributed by atoms with Crippen molar-refractivity contribution >= 4 is 5.69 Å². The predicted molar refractivity (Wildman–Crippen MR) is 68.4 cm³/mol. The van der Waals surface area contributed by atoms with Crippen LogP contribution in [0.15, 0.2) is 24.5 Å². The van der Waals surface area contributed by atoms with Crippen LogP contribution in [0.25, 0.3) is 5.69 Å². The van der Waals surface area contributed by atoms with Gasteiger partial charge in [-0.15, -0.1) is 0 Å². The first kappa shape index (κ1) is 12.4. The first-order valence-electron chi connectivity index (χ1n) is 5.75. The van der Waals surface area contributed by atoms with E-state index in [2.05, 4.69) is 4.98 Å². The number of hydrogen-bond acceptors (Lipinski definition) is 3. The Balaban J connectivity index is 2.51. The van der Waals surface area contributed by atoms with Gasteiger partial charge in [0.25, 0.3) is 0 Å². The van der Waals surface area contributed by atoms with Gasteiger partial charge in [-0.05, 0) is 20.8 Å². The van der Waals surface area contributed by atoms with E-state index in [0.717, 1.165) is 5.82 Å². The lowest BCUT2D eigenvalue weighted by Crippen LogP contribution is -2.09. The normalized spacial score (nSPS) is 10.9. The maximum atomic E-state index is 13.7. The molecule has 0 aliphatic rings. The molecule has 0 atom stereocenters. The van der Waals surface area contributed by atoms with E-state index in [1.165, 1.54) is 6.07 Å². The standard InChI is InChI=1S/C13H16FN3O/c1-8(2)18-13-7-12(11(15)6-10(13)14)17-5-4-16-9(17)3/h4-8H,15H2,1-3H3. The molecule has 4 nitrogen and oxygen atoms in total. The number of rotatable bonds is 3. The summed E-state index contributed by atoms with van der Waals surface area (Å²) in [6, 6.07) is 2.87. The molecular weight excluding hydrogens is 233 g/mol. The van der Waals surface area contributed by atoms with E-state index in [-0.39, 0.29) is 11.9 Å². The number of anilines is 1. The summed E-state index contributed by atoms with van der Waals surface area (Å²) < 4.78 is 20.9. The summed E-state index contributed by atoms with van der Waals surface area (Å²) in [6.45, 7) is 5.54. The Kier molecular flexibility index (Phi) is 3.23. The highest BCUT2D eigenvalue weighted by molar-refractivity contribution is 5.61. The lowest BCUT2D eigenvalue weighted by atomic mass is 10.2. The zero-order valence-electron chi connectivity index (χ0n) is 10.6. The van der Waals surface area contributed by atoms with Gasteiger partial charge in [-0.3, -0.25) is 0 Å². The number of benzene rings is 1. The summed E-state index contributed by atoms with van der Waals surface area (Å²) in [6.07, 6.45) is 3.35. The summed E-state index contributed by atoms with van der Waals surface area (Å²) in [4.78, 5) is 4.12. The lowest BCUT2D eigenvalue weighted by Gasteiger charge is -2.15. The van der Waals surface area contributed by atoms with Gasteiger partial charge in [-0.1, -0.05) is 0 Å². The number of nitrogen functional groups attached to an aromatic ring is 1. The largest absolute Gasteiger partial charge is 0.488 e. The molecule has 96 valence electrons. The second-order valence-corrected chi connectivity index (χ2v) is 4.35. The fourth-order valence-corrected chi connectivity index (χ4v) is 1.74. The van der Waals surface area contributed by atoms with Crippen LogP contribution in [0.2, 0.25) is 0 Å². The van der Waals surface area contributed by atoms with Crippen molar-refractivity contribution in [3.05, 3.63) is 36.2 Å². The quantitative estimate of drug-likeness (QED) is 0.851. The Morgan fingerprint density at radius 1 is 1.39 bits per heavy atom. The topological polar surface area (TPSA) is 53.1 Å². The Morgan fingerprint density at radius 2 is 2.11 bits per heavy atom. The fraction of sp³-hybridized carbons (Fsp3) is 0.308. The molecule has 0 aliphatic carbocycles. The van der Waals surface area contributed by atoms with Crippen LogP contribution >= 0.6 is 0 Å². The average molecular weight is 249 g/mol.